The fraction of sp³-hybridized carbons (Fsp3) is 0.389. The molecule has 0 unspecified atom stereocenters. The maximum Gasteiger partial charge on any atom is 0.208 e. The summed E-state index contributed by atoms with van der Waals surface area (Å²) in [6.07, 6.45) is 6.66. The van der Waals surface area contributed by atoms with E-state index in [1.165, 1.54) is 27.4 Å². The number of anilines is 1. The molecular weight excluding hydrogens is 523 g/mol. The molecule has 0 bridgehead atoms. The van der Waals surface area contributed by atoms with E-state index >= 15 is 0 Å². The lowest BCUT2D eigenvalue weighted by Gasteiger charge is -2.11. The first-order valence-corrected chi connectivity index (χ1v) is 13.0. The Hall–Kier alpha value is -1.44. The number of aromatic nitrogens is 4. The topological polar surface area (TPSA) is 116 Å². The van der Waals surface area contributed by atoms with Crippen LogP contribution in [0.25, 0.3) is 11.2 Å². The van der Waals surface area contributed by atoms with E-state index in [0.29, 0.717) is 36.5 Å². The van der Waals surface area contributed by atoms with Crippen molar-refractivity contribution < 1.29 is 8.42 Å². The second-order valence-corrected chi connectivity index (χ2v) is 11.0. The van der Waals surface area contributed by atoms with Crippen molar-refractivity contribution in [1.29, 1.82) is 0 Å². The van der Waals surface area contributed by atoms with Gasteiger partial charge in [-0.25, -0.2) is 28.1 Å². The van der Waals surface area contributed by atoms with Gasteiger partial charge in [0.15, 0.2) is 22.1 Å². The Morgan fingerprint density at radius 3 is 2.79 bits per heavy atom. The molecule has 3 N–H and O–H groups in total. The molecule has 8 nitrogen and oxygen atoms in total. The standard InChI is InChI=1S/C18H21IN6O2S2/c1-29(26,27)23-6-3-7-25-17-15(16(20)21-10-22-17)24-18(25)28-14-9-12-5-2-4-11(12)8-13(14)19/h8-10,23H,2-7H2,1H3,(H2,20,21,22). The van der Waals surface area contributed by atoms with Crippen LogP contribution in [0.15, 0.2) is 28.5 Å². The Balaban J connectivity index is 1.65. The zero-order valence-corrected chi connectivity index (χ0v) is 19.6. The number of hydrogen-bond acceptors (Lipinski definition) is 7. The number of fused-ring (bicyclic) bond motifs is 2. The summed E-state index contributed by atoms with van der Waals surface area (Å²) in [6, 6.07) is 4.53. The molecule has 154 valence electrons. The molecule has 1 aromatic carbocycles. The van der Waals surface area contributed by atoms with Crippen LogP contribution in [0.4, 0.5) is 5.82 Å². The second-order valence-electron chi connectivity index (χ2n) is 7.00. The number of nitrogens with two attached hydrogens (primary N) is 1. The molecule has 1 aliphatic carbocycles. The predicted octanol–water partition coefficient (Wildman–Crippen LogP) is 2.59. The first-order valence-electron chi connectivity index (χ1n) is 9.22. The highest BCUT2D eigenvalue weighted by atomic mass is 127. The van der Waals surface area contributed by atoms with Crippen LogP contribution in [0.3, 0.4) is 0 Å². The Labute approximate surface area is 187 Å². The number of sulfonamides is 1. The number of benzene rings is 1. The highest BCUT2D eigenvalue weighted by Crippen LogP contribution is 2.37. The molecule has 0 saturated heterocycles. The van der Waals surface area contributed by atoms with Crippen molar-refractivity contribution in [2.75, 3.05) is 18.5 Å². The molecule has 0 fully saturated rings. The molecule has 3 aromatic rings. The Bertz CT molecular complexity index is 1180. The molecule has 0 amide bonds. The Kier molecular flexibility index (Phi) is 6.00. The summed E-state index contributed by atoms with van der Waals surface area (Å²) in [6.45, 7) is 0.916. The van der Waals surface area contributed by atoms with Gasteiger partial charge in [0.05, 0.1) is 6.26 Å². The molecule has 0 aliphatic heterocycles. The molecule has 2 heterocycles. The van der Waals surface area contributed by atoms with Crippen molar-refractivity contribution >= 4 is 61.4 Å². The number of aryl methyl sites for hydroxylation is 3. The van der Waals surface area contributed by atoms with Crippen molar-refractivity contribution in [2.45, 2.75) is 42.3 Å². The van der Waals surface area contributed by atoms with E-state index < -0.39 is 10.0 Å². The number of hydrogen-bond donors (Lipinski definition) is 2. The Morgan fingerprint density at radius 1 is 1.28 bits per heavy atom. The molecule has 1 aliphatic rings. The predicted molar refractivity (Wildman–Crippen MR) is 123 cm³/mol. The van der Waals surface area contributed by atoms with E-state index in [2.05, 4.69) is 49.4 Å². The summed E-state index contributed by atoms with van der Waals surface area (Å²) in [4.78, 5) is 14.3. The zero-order chi connectivity index (χ0) is 20.6. The first kappa shape index (κ1) is 20.8. The van der Waals surface area contributed by atoms with Crippen LogP contribution in [-0.2, 0) is 29.4 Å². The summed E-state index contributed by atoms with van der Waals surface area (Å²) in [5, 5.41) is 0.780. The number of nitrogens with zero attached hydrogens (tertiary/aromatic N) is 4. The van der Waals surface area contributed by atoms with E-state index in [1.54, 1.807) is 11.8 Å². The van der Waals surface area contributed by atoms with Crippen LogP contribution in [0.5, 0.6) is 0 Å². The van der Waals surface area contributed by atoms with Crippen molar-refractivity contribution in [1.82, 2.24) is 24.2 Å². The molecule has 0 spiro atoms. The first-order chi connectivity index (χ1) is 13.8. The summed E-state index contributed by atoms with van der Waals surface area (Å²) in [7, 11) is -3.21. The number of nitrogens with one attached hydrogen (secondary N) is 1. The quantitative estimate of drug-likeness (QED) is 0.347. The largest absolute Gasteiger partial charge is 0.382 e. The highest BCUT2D eigenvalue weighted by molar-refractivity contribution is 14.1. The molecule has 11 heteroatoms. The van der Waals surface area contributed by atoms with Gasteiger partial charge in [0, 0.05) is 21.6 Å². The number of rotatable bonds is 7. The van der Waals surface area contributed by atoms with Crippen LogP contribution < -0.4 is 10.5 Å². The normalized spacial score (nSPS) is 13.9. The van der Waals surface area contributed by atoms with Crippen molar-refractivity contribution in [3.8, 4) is 0 Å². The van der Waals surface area contributed by atoms with Crippen molar-refractivity contribution in [3.63, 3.8) is 0 Å². The van der Waals surface area contributed by atoms with Gasteiger partial charge in [0.2, 0.25) is 10.0 Å². The lowest BCUT2D eigenvalue weighted by Crippen LogP contribution is -2.24. The van der Waals surface area contributed by atoms with Crippen LogP contribution >= 0.6 is 34.4 Å². The fourth-order valence-electron chi connectivity index (χ4n) is 3.46. The number of imidazole rings is 1. The molecule has 0 saturated carbocycles. The van der Waals surface area contributed by atoms with Gasteiger partial charge in [-0.2, -0.15) is 0 Å². The maximum absolute atomic E-state index is 11.3. The summed E-state index contributed by atoms with van der Waals surface area (Å²) in [5.74, 6) is 0.341. The summed E-state index contributed by atoms with van der Waals surface area (Å²) >= 11 is 3.96. The second kappa shape index (κ2) is 8.36. The van der Waals surface area contributed by atoms with E-state index in [1.807, 2.05) is 4.57 Å². The third-order valence-corrected chi connectivity index (χ3v) is 7.83. The van der Waals surface area contributed by atoms with Gasteiger partial charge < -0.3 is 10.3 Å². The molecule has 0 atom stereocenters. The zero-order valence-electron chi connectivity index (χ0n) is 15.9. The fourth-order valence-corrected chi connectivity index (χ4v) is 5.81. The minimum Gasteiger partial charge on any atom is -0.382 e. The SMILES string of the molecule is CS(=O)(=O)NCCCn1c(Sc2cc3c(cc2I)CCC3)nc2c(N)ncnc21. The van der Waals surface area contributed by atoms with E-state index in [-0.39, 0.29) is 0 Å². The monoisotopic (exact) mass is 544 g/mol. The van der Waals surface area contributed by atoms with Crippen LogP contribution in [0.2, 0.25) is 0 Å². The van der Waals surface area contributed by atoms with Gasteiger partial charge >= 0.3 is 0 Å². The minimum absolute atomic E-state index is 0.341. The lowest BCUT2D eigenvalue weighted by atomic mass is 10.1. The van der Waals surface area contributed by atoms with Gasteiger partial charge in [0.25, 0.3) is 0 Å². The van der Waals surface area contributed by atoms with Crippen molar-refractivity contribution in [3.05, 3.63) is 33.2 Å². The van der Waals surface area contributed by atoms with Crippen LogP contribution in [0.1, 0.15) is 24.0 Å². The average molecular weight is 544 g/mol. The van der Waals surface area contributed by atoms with Crippen LogP contribution in [-0.4, -0.2) is 40.7 Å². The smallest absolute Gasteiger partial charge is 0.208 e. The third-order valence-electron chi connectivity index (χ3n) is 4.80. The van der Waals surface area contributed by atoms with E-state index in [9.17, 15) is 8.42 Å². The van der Waals surface area contributed by atoms with E-state index in [0.717, 1.165) is 29.1 Å². The van der Waals surface area contributed by atoms with Gasteiger partial charge in [-0.3, -0.25) is 0 Å². The van der Waals surface area contributed by atoms with Gasteiger partial charge in [-0.15, -0.1) is 0 Å². The molecular formula is C18H21IN6O2S2. The van der Waals surface area contributed by atoms with Gasteiger partial charge in [0.1, 0.15) is 6.33 Å². The minimum atomic E-state index is -3.21. The van der Waals surface area contributed by atoms with Crippen molar-refractivity contribution in [2.24, 2.45) is 0 Å². The molecule has 2 aromatic heterocycles. The molecule has 0 radical (unpaired) electrons. The highest BCUT2D eigenvalue weighted by Gasteiger charge is 2.19. The van der Waals surface area contributed by atoms with Crippen LogP contribution in [0, 0.1) is 3.57 Å². The molecule has 29 heavy (non-hydrogen) atoms. The van der Waals surface area contributed by atoms with Gasteiger partial charge in [-0.1, -0.05) is 11.8 Å². The molecule has 4 rings (SSSR count). The third kappa shape index (κ3) is 4.67. The van der Waals surface area contributed by atoms with Gasteiger partial charge in [-0.05, 0) is 71.5 Å². The summed E-state index contributed by atoms with van der Waals surface area (Å²) < 4.78 is 28.3. The Morgan fingerprint density at radius 2 is 2.03 bits per heavy atom. The maximum atomic E-state index is 11.3. The summed E-state index contributed by atoms with van der Waals surface area (Å²) in [5.41, 5.74) is 10.1. The lowest BCUT2D eigenvalue weighted by molar-refractivity contribution is 0.568. The van der Waals surface area contributed by atoms with E-state index in [4.69, 9.17) is 10.7 Å². The average Bonchev–Trinajstić information content (AvgIpc) is 3.23. The number of halogens is 1. The number of nitrogen functional groups attached to an aromatic ring is 1.